The van der Waals surface area contributed by atoms with E-state index in [2.05, 4.69) is 55.0 Å². The van der Waals surface area contributed by atoms with Gasteiger partial charge in [0.15, 0.2) is 0 Å². The summed E-state index contributed by atoms with van der Waals surface area (Å²) in [5.41, 5.74) is 8.83. The van der Waals surface area contributed by atoms with Crippen LogP contribution in [0.1, 0.15) is 44.7 Å². The summed E-state index contributed by atoms with van der Waals surface area (Å²) in [6.45, 7) is 7.93. The third-order valence-corrected chi connectivity index (χ3v) is 4.58. The largest absolute Gasteiger partial charge is 0.373 e. The highest BCUT2D eigenvalue weighted by Crippen LogP contribution is 2.27. The van der Waals surface area contributed by atoms with E-state index in [0.29, 0.717) is 6.04 Å². The Balaban J connectivity index is 2.11. The van der Waals surface area contributed by atoms with Crippen LogP contribution >= 0.6 is 0 Å². The summed E-state index contributed by atoms with van der Waals surface area (Å²) in [5, 5.41) is 0. The molecule has 0 bridgehead atoms. The first-order chi connectivity index (χ1) is 9.67. The van der Waals surface area contributed by atoms with Crippen LogP contribution in [-0.2, 0) is 0 Å². The van der Waals surface area contributed by atoms with Crippen molar-refractivity contribution >= 4 is 5.69 Å². The molecule has 2 atom stereocenters. The lowest BCUT2D eigenvalue weighted by atomic mass is 10.0. The molecule has 0 radical (unpaired) electrons. The van der Waals surface area contributed by atoms with Crippen LogP contribution in [0.25, 0.3) is 0 Å². The number of hydrogen-bond acceptors (Lipinski definition) is 3. The predicted octanol–water partition coefficient (Wildman–Crippen LogP) is 3.02. The average molecular weight is 275 g/mol. The third kappa shape index (κ3) is 3.33. The quantitative estimate of drug-likeness (QED) is 0.866. The second kappa shape index (κ2) is 7.09. The van der Waals surface area contributed by atoms with Crippen molar-refractivity contribution in [3.63, 3.8) is 0 Å². The lowest BCUT2D eigenvalue weighted by Crippen LogP contribution is -2.39. The molecule has 1 aliphatic rings. The Bertz CT molecular complexity index is 418. The van der Waals surface area contributed by atoms with Crippen molar-refractivity contribution in [2.45, 2.75) is 45.2 Å². The fourth-order valence-corrected chi connectivity index (χ4v) is 3.30. The van der Waals surface area contributed by atoms with E-state index in [9.17, 15) is 0 Å². The van der Waals surface area contributed by atoms with Gasteiger partial charge in [-0.2, -0.15) is 0 Å². The molecule has 0 aromatic heterocycles. The van der Waals surface area contributed by atoms with E-state index >= 15 is 0 Å². The van der Waals surface area contributed by atoms with Crippen LogP contribution < -0.4 is 10.6 Å². The zero-order valence-corrected chi connectivity index (χ0v) is 13.2. The average Bonchev–Trinajstić information content (AvgIpc) is 2.93. The van der Waals surface area contributed by atoms with Gasteiger partial charge in [0.2, 0.25) is 0 Å². The number of likely N-dealkylation sites (N-methyl/N-ethyl adjacent to an activating group) is 2. The summed E-state index contributed by atoms with van der Waals surface area (Å²) in [6.07, 6.45) is 3.64. The zero-order chi connectivity index (χ0) is 14.5. The Labute approximate surface area is 123 Å². The molecule has 1 aliphatic heterocycles. The third-order valence-electron chi connectivity index (χ3n) is 4.58. The van der Waals surface area contributed by atoms with Gasteiger partial charge in [0.25, 0.3) is 0 Å². The maximum absolute atomic E-state index is 6.26. The molecule has 0 saturated carbocycles. The number of rotatable bonds is 6. The Morgan fingerprint density at radius 3 is 2.80 bits per heavy atom. The molecule has 0 aliphatic carbocycles. The Kier molecular flexibility index (Phi) is 5.44. The molecule has 2 N–H and O–H groups in total. The van der Waals surface area contributed by atoms with Crippen molar-refractivity contribution in [1.82, 2.24) is 4.90 Å². The van der Waals surface area contributed by atoms with Crippen molar-refractivity contribution in [2.24, 2.45) is 5.73 Å². The molecule has 112 valence electrons. The van der Waals surface area contributed by atoms with Gasteiger partial charge >= 0.3 is 0 Å². The Morgan fingerprint density at radius 1 is 1.35 bits per heavy atom. The Morgan fingerprint density at radius 2 is 2.10 bits per heavy atom. The van der Waals surface area contributed by atoms with Gasteiger partial charge in [0, 0.05) is 31.4 Å². The molecule has 2 rings (SSSR count). The molecule has 20 heavy (non-hydrogen) atoms. The highest BCUT2D eigenvalue weighted by atomic mass is 15.2. The van der Waals surface area contributed by atoms with Gasteiger partial charge < -0.3 is 10.6 Å². The minimum atomic E-state index is 0.138. The van der Waals surface area contributed by atoms with E-state index in [1.54, 1.807) is 0 Å². The van der Waals surface area contributed by atoms with Crippen LogP contribution in [0.5, 0.6) is 0 Å². The molecule has 3 nitrogen and oxygen atoms in total. The van der Waals surface area contributed by atoms with Gasteiger partial charge in [-0.3, -0.25) is 4.90 Å². The minimum Gasteiger partial charge on any atom is -0.373 e. The normalized spacial score (nSPS) is 21.1. The summed E-state index contributed by atoms with van der Waals surface area (Å²) in [4.78, 5) is 4.99. The molecule has 0 spiro atoms. The molecule has 3 heteroatoms. The van der Waals surface area contributed by atoms with Crippen molar-refractivity contribution in [3.05, 3.63) is 29.8 Å². The highest BCUT2D eigenvalue weighted by Gasteiger charge is 2.25. The van der Waals surface area contributed by atoms with Gasteiger partial charge in [0.1, 0.15) is 0 Å². The van der Waals surface area contributed by atoms with E-state index in [1.807, 2.05) is 0 Å². The van der Waals surface area contributed by atoms with Crippen LogP contribution in [0, 0.1) is 0 Å². The van der Waals surface area contributed by atoms with Gasteiger partial charge in [-0.05, 0) is 44.0 Å². The fraction of sp³-hybridized carbons (Fsp3) is 0.647. The van der Waals surface area contributed by atoms with Gasteiger partial charge in [-0.25, -0.2) is 0 Å². The minimum absolute atomic E-state index is 0.138. The van der Waals surface area contributed by atoms with Crippen LogP contribution in [0.15, 0.2) is 24.3 Å². The van der Waals surface area contributed by atoms with Crippen molar-refractivity contribution in [2.75, 3.05) is 31.6 Å². The zero-order valence-electron chi connectivity index (χ0n) is 13.2. The van der Waals surface area contributed by atoms with Gasteiger partial charge in [-0.1, -0.05) is 32.0 Å². The summed E-state index contributed by atoms with van der Waals surface area (Å²) in [7, 11) is 2.20. The molecule has 1 aromatic rings. The number of anilines is 1. The number of benzene rings is 1. The number of nitrogens with zero attached hydrogens (tertiary/aromatic N) is 2. The van der Waals surface area contributed by atoms with Crippen molar-refractivity contribution < 1.29 is 0 Å². The maximum atomic E-state index is 6.26. The topological polar surface area (TPSA) is 32.5 Å². The maximum Gasteiger partial charge on any atom is 0.0412 e. The fourth-order valence-electron chi connectivity index (χ4n) is 3.30. The summed E-state index contributed by atoms with van der Waals surface area (Å²) < 4.78 is 0. The van der Waals surface area contributed by atoms with E-state index < -0.39 is 0 Å². The Hall–Kier alpha value is -1.06. The molecule has 1 heterocycles. The van der Waals surface area contributed by atoms with Crippen LogP contribution in [0.2, 0.25) is 0 Å². The second-order valence-electron chi connectivity index (χ2n) is 5.88. The number of hydrogen-bond donors (Lipinski definition) is 1. The number of likely N-dealkylation sites (tertiary alicyclic amines) is 1. The summed E-state index contributed by atoms with van der Waals surface area (Å²) in [5.74, 6) is 0. The van der Waals surface area contributed by atoms with E-state index in [1.165, 1.54) is 30.6 Å². The van der Waals surface area contributed by atoms with E-state index in [4.69, 9.17) is 5.73 Å². The number of nitrogens with two attached hydrogens (primary N) is 1. The molecular formula is C17H29N3. The lowest BCUT2D eigenvalue weighted by molar-refractivity contribution is 0.270. The lowest BCUT2D eigenvalue weighted by Gasteiger charge is -2.31. The van der Waals surface area contributed by atoms with Crippen LogP contribution in [-0.4, -0.2) is 37.6 Å². The highest BCUT2D eigenvalue weighted by molar-refractivity contribution is 5.54. The monoisotopic (exact) mass is 275 g/mol. The smallest absolute Gasteiger partial charge is 0.0412 e. The standard InChI is InChI=1S/C17H29N3/c1-4-16(18)15-10-6-7-11-17(15)19(3)13-14-9-8-12-20(14)5-2/h6-7,10-11,14,16H,4-5,8-9,12-13,18H2,1-3H3/t14?,16-/m1/s1. The predicted molar refractivity (Wildman–Crippen MR) is 87.2 cm³/mol. The molecule has 1 unspecified atom stereocenters. The van der Waals surface area contributed by atoms with E-state index in [-0.39, 0.29) is 6.04 Å². The van der Waals surface area contributed by atoms with Crippen LogP contribution in [0.4, 0.5) is 5.69 Å². The van der Waals surface area contributed by atoms with Gasteiger partial charge in [-0.15, -0.1) is 0 Å². The molecular weight excluding hydrogens is 246 g/mol. The van der Waals surface area contributed by atoms with E-state index in [0.717, 1.165) is 19.5 Å². The van der Waals surface area contributed by atoms with Gasteiger partial charge in [0.05, 0.1) is 0 Å². The van der Waals surface area contributed by atoms with Crippen molar-refractivity contribution in [1.29, 1.82) is 0 Å². The molecule has 1 fully saturated rings. The summed E-state index contributed by atoms with van der Waals surface area (Å²) in [6, 6.07) is 9.41. The molecule has 1 aromatic carbocycles. The van der Waals surface area contributed by atoms with Crippen LogP contribution in [0.3, 0.4) is 0 Å². The molecule has 0 amide bonds. The first-order valence-corrected chi connectivity index (χ1v) is 7.97. The number of para-hydroxylation sites is 1. The first-order valence-electron chi connectivity index (χ1n) is 7.97. The summed E-state index contributed by atoms with van der Waals surface area (Å²) >= 11 is 0. The second-order valence-corrected chi connectivity index (χ2v) is 5.88. The SMILES string of the molecule is CC[C@@H](N)c1ccccc1N(C)CC1CCCN1CC. The first kappa shape index (κ1) is 15.3. The molecule has 1 saturated heterocycles. The van der Waals surface area contributed by atoms with Crippen molar-refractivity contribution in [3.8, 4) is 0 Å².